The van der Waals surface area contributed by atoms with Crippen LogP contribution in [0.25, 0.3) is 0 Å². The normalized spacial score (nSPS) is 26.3. The third-order valence-corrected chi connectivity index (χ3v) is 5.66. The van der Waals surface area contributed by atoms with Crippen molar-refractivity contribution in [3.05, 3.63) is 29.6 Å². The number of benzene rings is 1. The van der Waals surface area contributed by atoms with Crippen molar-refractivity contribution in [1.29, 1.82) is 5.26 Å². The second-order valence-electron chi connectivity index (χ2n) is 5.79. The summed E-state index contributed by atoms with van der Waals surface area (Å²) >= 11 is 0. The molecule has 21 heavy (non-hydrogen) atoms. The first kappa shape index (κ1) is 15.9. The van der Waals surface area contributed by atoms with Crippen LogP contribution in [0.5, 0.6) is 0 Å². The van der Waals surface area contributed by atoms with Gasteiger partial charge in [-0.2, -0.15) is 5.26 Å². The number of rotatable bonds is 3. The molecule has 1 fully saturated rings. The van der Waals surface area contributed by atoms with E-state index in [0.29, 0.717) is 0 Å². The summed E-state index contributed by atoms with van der Waals surface area (Å²) in [5.41, 5.74) is -0.261. The van der Waals surface area contributed by atoms with Gasteiger partial charge in [0.1, 0.15) is 11.9 Å². The van der Waals surface area contributed by atoms with E-state index in [2.05, 4.69) is 4.72 Å². The molecule has 1 N–H and O–H groups in total. The van der Waals surface area contributed by atoms with Crippen molar-refractivity contribution < 1.29 is 12.8 Å². The van der Waals surface area contributed by atoms with Crippen LogP contribution in [0.15, 0.2) is 23.1 Å². The maximum atomic E-state index is 13.3. The largest absolute Gasteiger partial charge is 0.240 e. The summed E-state index contributed by atoms with van der Waals surface area (Å²) in [6, 6.07) is 4.82. The van der Waals surface area contributed by atoms with Gasteiger partial charge in [0.2, 0.25) is 10.0 Å². The molecular formula is C15H19FN2O2S. The fourth-order valence-electron chi connectivity index (χ4n) is 2.92. The molecule has 0 aromatic heterocycles. The molecule has 0 heterocycles. The smallest absolute Gasteiger partial charge is 0.208 e. The molecule has 0 bridgehead atoms. The highest BCUT2D eigenvalue weighted by atomic mass is 32.2. The Balaban J connectivity index is 2.28. The molecule has 1 aromatic rings. The SMILES string of the molecule is C[C@@H]1CCC[C@H](C)C1NS(=O)(=O)c1ccc(F)c(C#N)c1. The topological polar surface area (TPSA) is 70.0 Å². The van der Waals surface area contributed by atoms with Crippen LogP contribution >= 0.6 is 0 Å². The van der Waals surface area contributed by atoms with Crippen molar-refractivity contribution in [2.75, 3.05) is 0 Å². The predicted octanol–water partition coefficient (Wildman–Crippen LogP) is 2.80. The molecule has 2 rings (SSSR count). The van der Waals surface area contributed by atoms with Crippen molar-refractivity contribution >= 4 is 10.0 Å². The summed E-state index contributed by atoms with van der Waals surface area (Å²) in [7, 11) is -3.74. The molecule has 3 atom stereocenters. The van der Waals surface area contributed by atoms with E-state index in [-0.39, 0.29) is 28.3 Å². The van der Waals surface area contributed by atoms with Gasteiger partial charge in [0.15, 0.2) is 0 Å². The van der Waals surface area contributed by atoms with Gasteiger partial charge in [-0.05, 0) is 42.9 Å². The summed E-state index contributed by atoms with van der Waals surface area (Å²) in [5, 5.41) is 8.81. The Labute approximate surface area is 125 Å². The molecule has 0 radical (unpaired) electrons. The number of sulfonamides is 1. The van der Waals surface area contributed by atoms with Crippen LogP contribution in [-0.2, 0) is 10.0 Å². The molecule has 1 aliphatic rings. The summed E-state index contributed by atoms with van der Waals surface area (Å²) in [6.45, 7) is 4.07. The molecule has 0 aliphatic heterocycles. The van der Waals surface area contributed by atoms with E-state index in [1.165, 1.54) is 6.07 Å². The first-order valence-electron chi connectivity index (χ1n) is 7.07. The Hall–Kier alpha value is -1.45. The average molecular weight is 310 g/mol. The number of nitrogens with one attached hydrogen (secondary N) is 1. The van der Waals surface area contributed by atoms with Crippen molar-refractivity contribution in [2.24, 2.45) is 11.8 Å². The minimum absolute atomic E-state index is 0.0644. The molecule has 0 spiro atoms. The fourth-order valence-corrected chi connectivity index (χ4v) is 4.40. The van der Waals surface area contributed by atoms with E-state index < -0.39 is 15.8 Å². The van der Waals surface area contributed by atoms with Gasteiger partial charge >= 0.3 is 0 Å². The van der Waals surface area contributed by atoms with Crippen molar-refractivity contribution in [2.45, 2.75) is 44.0 Å². The molecule has 1 unspecified atom stereocenters. The molecule has 1 saturated carbocycles. The third kappa shape index (κ3) is 3.42. The number of nitriles is 1. The standard InChI is InChI=1S/C15H19FN2O2S/c1-10-4-3-5-11(2)15(10)18-21(19,20)13-6-7-14(16)12(8-13)9-17/h6-8,10-11,15,18H,3-5H2,1-2H3/t10-,11+,15?. The van der Waals surface area contributed by atoms with E-state index in [4.69, 9.17) is 5.26 Å². The zero-order valence-electron chi connectivity index (χ0n) is 12.1. The van der Waals surface area contributed by atoms with Gasteiger partial charge in [-0.1, -0.05) is 20.3 Å². The van der Waals surface area contributed by atoms with Crippen LogP contribution in [0.2, 0.25) is 0 Å². The lowest BCUT2D eigenvalue weighted by Crippen LogP contribution is -2.45. The van der Waals surface area contributed by atoms with Crippen molar-refractivity contribution in [1.82, 2.24) is 4.72 Å². The number of hydrogen-bond acceptors (Lipinski definition) is 3. The van der Waals surface area contributed by atoms with Crippen LogP contribution in [0.1, 0.15) is 38.7 Å². The second-order valence-corrected chi connectivity index (χ2v) is 7.50. The van der Waals surface area contributed by atoms with Crippen LogP contribution in [-0.4, -0.2) is 14.5 Å². The van der Waals surface area contributed by atoms with Crippen LogP contribution in [0, 0.1) is 29.0 Å². The monoisotopic (exact) mass is 310 g/mol. The van der Waals surface area contributed by atoms with Gasteiger partial charge in [-0.3, -0.25) is 0 Å². The van der Waals surface area contributed by atoms with Gasteiger partial charge in [0.05, 0.1) is 10.5 Å². The summed E-state index contributed by atoms with van der Waals surface area (Å²) in [6.07, 6.45) is 3.09. The lowest BCUT2D eigenvalue weighted by Gasteiger charge is -2.34. The third-order valence-electron chi connectivity index (χ3n) is 4.20. The molecular weight excluding hydrogens is 291 g/mol. The second kappa shape index (κ2) is 6.12. The Morgan fingerprint density at radius 3 is 2.48 bits per heavy atom. The van der Waals surface area contributed by atoms with Gasteiger partial charge in [-0.15, -0.1) is 0 Å². The van der Waals surface area contributed by atoms with Crippen LogP contribution in [0.4, 0.5) is 4.39 Å². The molecule has 1 aromatic carbocycles. The van der Waals surface area contributed by atoms with Gasteiger partial charge in [0, 0.05) is 6.04 Å². The van der Waals surface area contributed by atoms with Crippen molar-refractivity contribution in [3.8, 4) is 6.07 Å². The van der Waals surface area contributed by atoms with Gasteiger partial charge in [-0.25, -0.2) is 17.5 Å². The first-order chi connectivity index (χ1) is 9.85. The predicted molar refractivity (Wildman–Crippen MR) is 77.4 cm³/mol. The van der Waals surface area contributed by atoms with Gasteiger partial charge in [0.25, 0.3) is 0 Å². The van der Waals surface area contributed by atoms with Crippen LogP contribution < -0.4 is 4.72 Å². The quantitative estimate of drug-likeness (QED) is 0.933. The van der Waals surface area contributed by atoms with Crippen LogP contribution in [0.3, 0.4) is 0 Å². The summed E-state index contributed by atoms with van der Waals surface area (Å²) < 4.78 is 40.9. The molecule has 114 valence electrons. The highest BCUT2D eigenvalue weighted by Crippen LogP contribution is 2.30. The summed E-state index contributed by atoms with van der Waals surface area (Å²) in [5.74, 6) is -0.185. The van der Waals surface area contributed by atoms with Gasteiger partial charge < -0.3 is 0 Å². The molecule has 1 aliphatic carbocycles. The first-order valence-corrected chi connectivity index (χ1v) is 8.55. The highest BCUT2D eigenvalue weighted by molar-refractivity contribution is 7.89. The number of nitrogens with zero attached hydrogens (tertiary/aromatic N) is 1. The highest BCUT2D eigenvalue weighted by Gasteiger charge is 2.31. The van der Waals surface area contributed by atoms with E-state index in [1.807, 2.05) is 13.8 Å². The number of halogens is 1. The lowest BCUT2D eigenvalue weighted by atomic mass is 9.79. The fraction of sp³-hybridized carbons (Fsp3) is 0.533. The molecule has 0 amide bonds. The Morgan fingerprint density at radius 2 is 1.90 bits per heavy atom. The Bertz CT molecular complexity index is 657. The van der Waals surface area contributed by atoms with E-state index in [9.17, 15) is 12.8 Å². The minimum Gasteiger partial charge on any atom is -0.208 e. The van der Waals surface area contributed by atoms with E-state index in [1.54, 1.807) is 6.07 Å². The zero-order valence-corrected chi connectivity index (χ0v) is 13.0. The number of hydrogen-bond donors (Lipinski definition) is 1. The summed E-state index contributed by atoms with van der Waals surface area (Å²) in [4.78, 5) is -0.0644. The van der Waals surface area contributed by atoms with E-state index >= 15 is 0 Å². The molecule has 6 heteroatoms. The molecule has 0 saturated heterocycles. The van der Waals surface area contributed by atoms with E-state index in [0.717, 1.165) is 31.4 Å². The Morgan fingerprint density at radius 1 is 1.29 bits per heavy atom. The maximum Gasteiger partial charge on any atom is 0.240 e. The molecule has 4 nitrogen and oxygen atoms in total. The lowest BCUT2D eigenvalue weighted by molar-refractivity contribution is 0.234. The zero-order chi connectivity index (χ0) is 15.6. The van der Waals surface area contributed by atoms with Crippen molar-refractivity contribution in [3.63, 3.8) is 0 Å². The average Bonchev–Trinajstić information content (AvgIpc) is 2.43. The maximum absolute atomic E-state index is 13.3. The Kier molecular flexibility index (Phi) is 4.64. The minimum atomic E-state index is -3.74.